The van der Waals surface area contributed by atoms with Crippen LogP contribution in [0.15, 0.2) is 0 Å². The van der Waals surface area contributed by atoms with Crippen molar-refractivity contribution in [1.29, 1.82) is 0 Å². The molecular formula is C17H34N2O. The van der Waals surface area contributed by atoms with Gasteiger partial charge in [0.25, 0.3) is 0 Å². The zero-order valence-electron chi connectivity index (χ0n) is 13.6. The van der Waals surface area contributed by atoms with Crippen LogP contribution in [0.2, 0.25) is 0 Å². The first-order valence-corrected chi connectivity index (χ1v) is 8.72. The molecule has 0 aromatic heterocycles. The fourth-order valence-corrected chi connectivity index (χ4v) is 4.16. The molecule has 2 fully saturated rings. The van der Waals surface area contributed by atoms with E-state index in [0.29, 0.717) is 12.6 Å². The van der Waals surface area contributed by atoms with Gasteiger partial charge < -0.3 is 10.0 Å². The number of likely N-dealkylation sites (N-methyl/N-ethyl adjacent to an activating group) is 1. The minimum Gasteiger partial charge on any atom is -0.396 e. The second-order valence-corrected chi connectivity index (χ2v) is 7.22. The van der Waals surface area contributed by atoms with Gasteiger partial charge in [0, 0.05) is 31.2 Å². The summed E-state index contributed by atoms with van der Waals surface area (Å²) in [5.74, 6) is 0. The van der Waals surface area contributed by atoms with E-state index in [9.17, 15) is 5.11 Å². The number of hydrogen-bond donors (Lipinski definition) is 1. The minimum atomic E-state index is 0.187. The number of nitrogens with zero attached hydrogens (tertiary/aromatic N) is 2. The molecule has 2 rings (SSSR count). The van der Waals surface area contributed by atoms with Gasteiger partial charge in [0.2, 0.25) is 0 Å². The summed E-state index contributed by atoms with van der Waals surface area (Å²) in [5, 5.41) is 10.0. The number of aliphatic hydroxyl groups is 1. The van der Waals surface area contributed by atoms with E-state index in [1.54, 1.807) is 0 Å². The molecule has 1 N–H and O–H groups in total. The highest BCUT2D eigenvalue weighted by Crippen LogP contribution is 2.36. The van der Waals surface area contributed by atoms with Crippen LogP contribution in [-0.4, -0.2) is 60.8 Å². The first kappa shape index (κ1) is 16.3. The van der Waals surface area contributed by atoms with Gasteiger partial charge in [0.1, 0.15) is 0 Å². The van der Waals surface area contributed by atoms with Crippen molar-refractivity contribution >= 4 is 0 Å². The van der Waals surface area contributed by atoms with Gasteiger partial charge in [-0.3, -0.25) is 4.90 Å². The Kier molecular flexibility index (Phi) is 6.31. The van der Waals surface area contributed by atoms with Crippen LogP contribution >= 0.6 is 0 Å². The summed E-state index contributed by atoms with van der Waals surface area (Å²) < 4.78 is 0. The minimum absolute atomic E-state index is 0.187. The quantitative estimate of drug-likeness (QED) is 0.803. The summed E-state index contributed by atoms with van der Waals surface area (Å²) in [5.41, 5.74) is 0.187. The Morgan fingerprint density at radius 2 is 1.75 bits per heavy atom. The van der Waals surface area contributed by atoms with Crippen LogP contribution in [0.25, 0.3) is 0 Å². The summed E-state index contributed by atoms with van der Waals surface area (Å²) >= 11 is 0. The maximum Gasteiger partial charge on any atom is 0.0499 e. The van der Waals surface area contributed by atoms with E-state index in [0.717, 1.165) is 6.54 Å². The van der Waals surface area contributed by atoms with E-state index in [-0.39, 0.29) is 5.41 Å². The van der Waals surface area contributed by atoms with Crippen LogP contribution < -0.4 is 0 Å². The number of aliphatic hydroxyl groups excluding tert-OH is 1. The number of hydrogen-bond acceptors (Lipinski definition) is 3. The van der Waals surface area contributed by atoms with E-state index >= 15 is 0 Å². The topological polar surface area (TPSA) is 26.7 Å². The summed E-state index contributed by atoms with van der Waals surface area (Å²) in [6, 6.07) is 0.675. The Balaban J connectivity index is 2.03. The standard InChI is InChI=1S/C17H34N2O/c1-3-16-13-18(2)11-8-12-19(16)14-17(15-20)9-6-4-5-7-10-17/h16,20H,3-15H2,1-2H3. The largest absolute Gasteiger partial charge is 0.396 e. The predicted molar refractivity (Wildman–Crippen MR) is 85.0 cm³/mol. The Morgan fingerprint density at radius 3 is 2.35 bits per heavy atom. The molecule has 2 aliphatic rings. The molecule has 20 heavy (non-hydrogen) atoms. The molecule has 1 heterocycles. The van der Waals surface area contributed by atoms with Crippen molar-refractivity contribution in [2.24, 2.45) is 5.41 Å². The molecule has 0 aromatic carbocycles. The third kappa shape index (κ3) is 4.19. The number of rotatable bonds is 4. The Hall–Kier alpha value is -0.120. The molecule has 0 bridgehead atoms. The van der Waals surface area contributed by atoms with Crippen molar-refractivity contribution in [3.8, 4) is 0 Å². The molecule has 118 valence electrons. The Morgan fingerprint density at radius 1 is 1.05 bits per heavy atom. The second-order valence-electron chi connectivity index (χ2n) is 7.22. The molecule has 1 saturated heterocycles. The van der Waals surface area contributed by atoms with Crippen LogP contribution in [-0.2, 0) is 0 Å². The molecule has 0 radical (unpaired) electrons. The SMILES string of the molecule is CCC1CN(C)CCCN1CC1(CO)CCCCCC1. The van der Waals surface area contributed by atoms with Gasteiger partial charge in [-0.2, -0.15) is 0 Å². The maximum absolute atomic E-state index is 10.0. The Bertz CT molecular complexity index is 274. The fraction of sp³-hybridized carbons (Fsp3) is 1.00. The molecule has 1 aliphatic carbocycles. The van der Waals surface area contributed by atoms with Crippen molar-refractivity contribution in [2.45, 2.75) is 64.3 Å². The zero-order chi connectivity index (χ0) is 14.4. The van der Waals surface area contributed by atoms with Crippen molar-refractivity contribution < 1.29 is 5.11 Å². The zero-order valence-corrected chi connectivity index (χ0v) is 13.6. The molecule has 1 saturated carbocycles. The van der Waals surface area contributed by atoms with Crippen molar-refractivity contribution in [2.75, 3.05) is 39.8 Å². The van der Waals surface area contributed by atoms with E-state index in [2.05, 4.69) is 23.8 Å². The highest BCUT2D eigenvalue weighted by Gasteiger charge is 2.34. The first-order chi connectivity index (χ1) is 9.69. The van der Waals surface area contributed by atoms with Crippen LogP contribution in [0.4, 0.5) is 0 Å². The van der Waals surface area contributed by atoms with Gasteiger partial charge in [-0.15, -0.1) is 0 Å². The van der Waals surface area contributed by atoms with Crippen LogP contribution in [0.1, 0.15) is 58.3 Å². The third-order valence-electron chi connectivity index (χ3n) is 5.53. The summed E-state index contributed by atoms with van der Waals surface area (Å²) in [4.78, 5) is 5.18. The van der Waals surface area contributed by atoms with Crippen LogP contribution in [0, 0.1) is 5.41 Å². The first-order valence-electron chi connectivity index (χ1n) is 8.72. The van der Waals surface area contributed by atoms with E-state index in [4.69, 9.17) is 0 Å². The van der Waals surface area contributed by atoms with Crippen molar-refractivity contribution in [3.63, 3.8) is 0 Å². The average Bonchev–Trinajstić information content (AvgIpc) is 2.78. The third-order valence-corrected chi connectivity index (χ3v) is 5.53. The normalized spacial score (nSPS) is 29.9. The molecular weight excluding hydrogens is 248 g/mol. The maximum atomic E-state index is 10.0. The monoisotopic (exact) mass is 282 g/mol. The molecule has 3 nitrogen and oxygen atoms in total. The van der Waals surface area contributed by atoms with E-state index in [1.807, 2.05) is 0 Å². The molecule has 0 aromatic rings. The lowest BCUT2D eigenvalue weighted by molar-refractivity contribution is 0.0410. The summed E-state index contributed by atoms with van der Waals surface area (Å²) in [6.45, 7) is 7.45. The van der Waals surface area contributed by atoms with Gasteiger partial charge >= 0.3 is 0 Å². The predicted octanol–water partition coefficient (Wildman–Crippen LogP) is 2.74. The summed E-state index contributed by atoms with van der Waals surface area (Å²) in [7, 11) is 2.25. The average molecular weight is 282 g/mol. The Labute approximate surface area is 125 Å². The van der Waals surface area contributed by atoms with E-state index < -0.39 is 0 Å². The van der Waals surface area contributed by atoms with Gasteiger partial charge in [-0.1, -0.05) is 32.6 Å². The second kappa shape index (κ2) is 7.77. The van der Waals surface area contributed by atoms with E-state index in [1.165, 1.54) is 71.0 Å². The van der Waals surface area contributed by atoms with Crippen LogP contribution in [0.3, 0.4) is 0 Å². The van der Waals surface area contributed by atoms with Crippen molar-refractivity contribution in [3.05, 3.63) is 0 Å². The van der Waals surface area contributed by atoms with Gasteiger partial charge in [-0.25, -0.2) is 0 Å². The van der Waals surface area contributed by atoms with Gasteiger partial charge in [0.15, 0.2) is 0 Å². The molecule has 1 unspecified atom stereocenters. The molecule has 0 amide bonds. The highest BCUT2D eigenvalue weighted by atomic mass is 16.3. The van der Waals surface area contributed by atoms with Gasteiger partial charge in [-0.05, 0) is 45.8 Å². The smallest absolute Gasteiger partial charge is 0.0499 e. The fourth-order valence-electron chi connectivity index (χ4n) is 4.16. The lowest BCUT2D eigenvalue weighted by Gasteiger charge is -2.40. The van der Waals surface area contributed by atoms with Crippen molar-refractivity contribution in [1.82, 2.24) is 9.80 Å². The van der Waals surface area contributed by atoms with Crippen LogP contribution in [0.5, 0.6) is 0 Å². The molecule has 1 aliphatic heterocycles. The lowest BCUT2D eigenvalue weighted by Crippen LogP contribution is -2.47. The highest BCUT2D eigenvalue weighted by molar-refractivity contribution is 4.88. The molecule has 0 spiro atoms. The van der Waals surface area contributed by atoms with Gasteiger partial charge in [0.05, 0.1) is 0 Å². The molecule has 1 atom stereocenters. The molecule has 3 heteroatoms. The summed E-state index contributed by atoms with van der Waals surface area (Å²) in [6.07, 6.45) is 10.3. The lowest BCUT2D eigenvalue weighted by atomic mass is 9.80.